The number of hydrogen-bond donors (Lipinski definition) is 2. The van der Waals surface area contributed by atoms with Crippen molar-refractivity contribution in [3.63, 3.8) is 0 Å². The second kappa shape index (κ2) is 9.33. The standard InChI is InChI=1S/C23H29ClN2O4/c1-4-30-22(28)21-17(13-29-10-9-25)26-16-11-23(2,3)12-18(27)20(16)19(21)14-7-5-6-8-15(14)24/h5-8,19,26H,4,9-13,25H2,1-3H3/t19-/m0/s1. The molecule has 0 fully saturated rings. The van der Waals surface area contributed by atoms with E-state index in [1.807, 2.05) is 18.2 Å². The van der Waals surface area contributed by atoms with E-state index in [-0.39, 0.29) is 24.4 Å². The molecule has 1 atom stereocenters. The molecule has 7 heteroatoms. The molecule has 162 valence electrons. The van der Waals surface area contributed by atoms with E-state index in [1.165, 1.54) is 0 Å². The van der Waals surface area contributed by atoms with Crippen LogP contribution in [0, 0.1) is 5.41 Å². The molecule has 3 N–H and O–H groups in total. The molecule has 0 bridgehead atoms. The summed E-state index contributed by atoms with van der Waals surface area (Å²) in [6.45, 7) is 7.00. The van der Waals surface area contributed by atoms with Gasteiger partial charge in [-0.1, -0.05) is 43.6 Å². The van der Waals surface area contributed by atoms with E-state index in [2.05, 4.69) is 19.2 Å². The third kappa shape index (κ3) is 4.61. The minimum absolute atomic E-state index is 0.0161. The number of ether oxygens (including phenoxy) is 2. The summed E-state index contributed by atoms with van der Waals surface area (Å²) in [6.07, 6.45) is 1.09. The summed E-state index contributed by atoms with van der Waals surface area (Å²) in [5.74, 6) is -1.07. The zero-order chi connectivity index (χ0) is 21.9. The first-order valence-electron chi connectivity index (χ1n) is 10.2. The Morgan fingerprint density at radius 1 is 1.30 bits per heavy atom. The van der Waals surface area contributed by atoms with Gasteiger partial charge in [0.15, 0.2) is 5.78 Å². The fourth-order valence-corrected chi connectivity index (χ4v) is 4.44. The van der Waals surface area contributed by atoms with Crippen molar-refractivity contribution in [3.05, 3.63) is 57.4 Å². The van der Waals surface area contributed by atoms with Crippen LogP contribution in [0.15, 0.2) is 46.8 Å². The lowest BCUT2D eigenvalue weighted by Crippen LogP contribution is -2.40. The minimum Gasteiger partial charge on any atom is -0.463 e. The Morgan fingerprint density at radius 2 is 2.03 bits per heavy atom. The van der Waals surface area contributed by atoms with E-state index in [9.17, 15) is 9.59 Å². The van der Waals surface area contributed by atoms with Gasteiger partial charge in [-0.3, -0.25) is 4.79 Å². The number of Topliss-reactive ketones (excluding diaryl/α,β-unsaturated/α-hetero) is 1. The van der Waals surface area contributed by atoms with Crippen molar-refractivity contribution in [1.82, 2.24) is 5.32 Å². The second-order valence-corrected chi connectivity index (χ2v) is 8.77. The zero-order valence-electron chi connectivity index (χ0n) is 17.7. The fourth-order valence-electron chi connectivity index (χ4n) is 4.19. The number of esters is 1. The highest BCUT2D eigenvalue weighted by molar-refractivity contribution is 6.31. The largest absolute Gasteiger partial charge is 0.463 e. The number of nitrogens with two attached hydrogens (primary N) is 1. The highest BCUT2D eigenvalue weighted by Gasteiger charge is 2.44. The molecule has 0 unspecified atom stereocenters. The van der Waals surface area contributed by atoms with Gasteiger partial charge >= 0.3 is 5.97 Å². The number of nitrogens with one attached hydrogen (secondary N) is 1. The van der Waals surface area contributed by atoms with E-state index in [1.54, 1.807) is 13.0 Å². The van der Waals surface area contributed by atoms with Gasteiger partial charge < -0.3 is 20.5 Å². The summed E-state index contributed by atoms with van der Waals surface area (Å²) in [4.78, 5) is 26.3. The molecule has 0 saturated carbocycles. The van der Waals surface area contributed by atoms with Crippen molar-refractivity contribution in [2.75, 3.05) is 26.4 Å². The van der Waals surface area contributed by atoms with E-state index in [0.717, 1.165) is 5.70 Å². The Kier molecular flexibility index (Phi) is 7.01. The van der Waals surface area contributed by atoms with Gasteiger partial charge in [0.2, 0.25) is 0 Å². The van der Waals surface area contributed by atoms with Gasteiger partial charge in [0.05, 0.1) is 31.1 Å². The number of allylic oxidation sites excluding steroid dienone is 2. The van der Waals surface area contributed by atoms with Crippen LogP contribution in [0.1, 0.15) is 45.1 Å². The number of rotatable bonds is 7. The van der Waals surface area contributed by atoms with Crippen LogP contribution in [0.2, 0.25) is 5.02 Å². The highest BCUT2D eigenvalue weighted by Crippen LogP contribution is 2.48. The summed E-state index contributed by atoms with van der Waals surface area (Å²) < 4.78 is 11.0. The van der Waals surface area contributed by atoms with Crippen LogP contribution in [0.3, 0.4) is 0 Å². The van der Waals surface area contributed by atoms with Crippen LogP contribution in [0.4, 0.5) is 0 Å². The highest BCUT2D eigenvalue weighted by atomic mass is 35.5. The number of halogens is 1. The average molecular weight is 433 g/mol. The maximum Gasteiger partial charge on any atom is 0.336 e. The molecule has 6 nitrogen and oxygen atoms in total. The number of hydrogen-bond acceptors (Lipinski definition) is 6. The zero-order valence-corrected chi connectivity index (χ0v) is 18.5. The number of ketones is 1. The Balaban J connectivity index is 2.19. The van der Waals surface area contributed by atoms with Gasteiger partial charge in [-0.15, -0.1) is 0 Å². The summed E-state index contributed by atoms with van der Waals surface area (Å²) in [7, 11) is 0. The molecule has 0 aromatic heterocycles. The predicted molar refractivity (Wildman–Crippen MR) is 116 cm³/mol. The van der Waals surface area contributed by atoms with Gasteiger partial charge in [0.1, 0.15) is 0 Å². The monoisotopic (exact) mass is 432 g/mol. The molecule has 0 saturated heterocycles. The summed E-state index contributed by atoms with van der Waals surface area (Å²) >= 11 is 6.54. The molecule has 30 heavy (non-hydrogen) atoms. The maximum absolute atomic E-state index is 13.3. The van der Waals surface area contributed by atoms with Crippen LogP contribution in [0.5, 0.6) is 0 Å². The number of benzene rings is 1. The lowest BCUT2D eigenvalue weighted by Gasteiger charge is -2.40. The molecular weight excluding hydrogens is 404 g/mol. The molecule has 1 aliphatic heterocycles. The molecule has 0 spiro atoms. The van der Waals surface area contributed by atoms with Crippen molar-refractivity contribution < 1.29 is 19.1 Å². The average Bonchev–Trinajstić information content (AvgIpc) is 2.66. The SMILES string of the molecule is CCOC(=O)C1=C(COCCN)NC2=C(C(=O)CC(C)(C)C2)[C@@H]1c1ccccc1Cl. The minimum atomic E-state index is -0.603. The maximum atomic E-state index is 13.3. The number of carbonyl (C=O) groups is 2. The fraction of sp³-hybridized carbons (Fsp3) is 0.478. The van der Waals surface area contributed by atoms with Crippen molar-refractivity contribution in [1.29, 1.82) is 0 Å². The first-order chi connectivity index (χ1) is 14.3. The lowest BCUT2D eigenvalue weighted by atomic mass is 9.68. The van der Waals surface area contributed by atoms with E-state index < -0.39 is 11.9 Å². The van der Waals surface area contributed by atoms with Crippen molar-refractivity contribution in [3.8, 4) is 0 Å². The molecule has 2 aliphatic rings. The molecule has 1 aromatic rings. The second-order valence-electron chi connectivity index (χ2n) is 8.37. The molecular formula is C23H29ClN2O4. The van der Waals surface area contributed by atoms with Crippen molar-refractivity contribution >= 4 is 23.4 Å². The first kappa shape index (κ1) is 22.5. The number of carbonyl (C=O) groups excluding carboxylic acids is 2. The smallest absolute Gasteiger partial charge is 0.336 e. The van der Waals surface area contributed by atoms with E-state index >= 15 is 0 Å². The summed E-state index contributed by atoms with van der Waals surface area (Å²) in [5.41, 5.74) is 8.46. The van der Waals surface area contributed by atoms with E-state index in [0.29, 0.717) is 53.4 Å². The topological polar surface area (TPSA) is 90.7 Å². The number of dihydropyridines is 1. The Labute approximate surface area is 182 Å². The van der Waals surface area contributed by atoms with Crippen molar-refractivity contribution in [2.24, 2.45) is 11.1 Å². The van der Waals surface area contributed by atoms with Gasteiger partial charge in [-0.2, -0.15) is 0 Å². The van der Waals surface area contributed by atoms with Crippen LogP contribution in [0.25, 0.3) is 0 Å². The van der Waals surface area contributed by atoms with Crippen LogP contribution < -0.4 is 11.1 Å². The first-order valence-corrected chi connectivity index (χ1v) is 10.6. The third-order valence-corrected chi connectivity index (χ3v) is 5.69. The van der Waals surface area contributed by atoms with Crippen LogP contribution in [-0.2, 0) is 19.1 Å². The van der Waals surface area contributed by atoms with Gasteiger partial charge in [0.25, 0.3) is 0 Å². The predicted octanol–water partition coefficient (Wildman–Crippen LogP) is 3.46. The van der Waals surface area contributed by atoms with Crippen molar-refractivity contribution in [2.45, 2.75) is 39.5 Å². The quantitative estimate of drug-likeness (QED) is 0.506. The van der Waals surface area contributed by atoms with Gasteiger partial charge in [-0.05, 0) is 30.4 Å². The summed E-state index contributed by atoms with van der Waals surface area (Å²) in [6, 6.07) is 7.30. The van der Waals surface area contributed by atoms with Crippen LogP contribution in [-0.4, -0.2) is 38.1 Å². The Hall–Kier alpha value is -2.15. The molecule has 0 amide bonds. The normalized spacial score (nSPS) is 20.7. The lowest BCUT2D eigenvalue weighted by molar-refractivity contribution is -0.139. The molecule has 0 radical (unpaired) electrons. The summed E-state index contributed by atoms with van der Waals surface area (Å²) in [5, 5.41) is 3.84. The van der Waals surface area contributed by atoms with Gasteiger partial charge in [0, 0.05) is 35.2 Å². The van der Waals surface area contributed by atoms with E-state index in [4.69, 9.17) is 26.8 Å². The Bertz CT molecular complexity index is 904. The third-order valence-electron chi connectivity index (χ3n) is 5.34. The Morgan fingerprint density at radius 3 is 2.70 bits per heavy atom. The van der Waals surface area contributed by atoms with Crippen LogP contribution >= 0.6 is 11.6 Å². The molecule has 1 heterocycles. The molecule has 3 rings (SSSR count). The molecule has 1 aliphatic carbocycles. The van der Waals surface area contributed by atoms with Gasteiger partial charge in [-0.25, -0.2) is 4.79 Å². The molecule has 1 aromatic carbocycles.